The highest BCUT2D eigenvalue weighted by Crippen LogP contribution is 2.18. The lowest BCUT2D eigenvalue weighted by atomic mass is 10.0. The number of ether oxygens (including phenoxy) is 1. The molecule has 0 aliphatic carbocycles. The third-order valence-corrected chi connectivity index (χ3v) is 3.41. The van der Waals surface area contributed by atoms with E-state index in [9.17, 15) is 4.79 Å². The van der Waals surface area contributed by atoms with Gasteiger partial charge in [-0.2, -0.15) is 0 Å². The second-order valence-electron chi connectivity index (χ2n) is 7.30. The quantitative estimate of drug-likeness (QED) is 0.813. The van der Waals surface area contributed by atoms with Gasteiger partial charge in [0.1, 0.15) is 5.60 Å². The van der Waals surface area contributed by atoms with Crippen molar-refractivity contribution in [3.8, 4) is 0 Å². The van der Waals surface area contributed by atoms with Crippen LogP contribution in [0.1, 0.15) is 54.4 Å². The molecule has 2 N–H and O–H groups in total. The van der Waals surface area contributed by atoms with Crippen molar-refractivity contribution >= 4 is 11.8 Å². The van der Waals surface area contributed by atoms with E-state index >= 15 is 0 Å². The smallest absolute Gasteiger partial charge is 0.410 e. The van der Waals surface area contributed by atoms with E-state index in [1.54, 1.807) is 4.90 Å². The summed E-state index contributed by atoms with van der Waals surface area (Å²) in [6.45, 7) is 13.2. The second-order valence-corrected chi connectivity index (χ2v) is 7.30. The minimum atomic E-state index is -0.444. The van der Waals surface area contributed by atoms with Crippen molar-refractivity contribution in [2.45, 2.75) is 66.0 Å². The summed E-state index contributed by atoms with van der Waals surface area (Å²) >= 11 is 0. The van der Waals surface area contributed by atoms with Gasteiger partial charge in [0.15, 0.2) is 0 Å². The summed E-state index contributed by atoms with van der Waals surface area (Å²) in [4.78, 5) is 18.6. The molecular weight excluding hydrogens is 278 g/mol. The molecule has 0 bridgehead atoms. The van der Waals surface area contributed by atoms with Gasteiger partial charge in [-0.25, -0.2) is 4.79 Å². The summed E-state index contributed by atoms with van der Waals surface area (Å²) in [5.74, 6) is 0.349. The third kappa shape index (κ3) is 6.50. The molecule has 0 aromatic carbocycles. The van der Waals surface area contributed by atoms with Crippen molar-refractivity contribution in [2.24, 2.45) is 16.6 Å². The highest BCUT2D eigenvalue weighted by atomic mass is 16.6. The van der Waals surface area contributed by atoms with Gasteiger partial charge in [-0.05, 0) is 52.5 Å². The van der Waals surface area contributed by atoms with E-state index in [2.05, 4.69) is 13.8 Å². The number of aliphatic imine (C=N–C) groups is 1. The number of carbonyl (C=O) groups excluding carboxylic acids is 1. The fourth-order valence-electron chi connectivity index (χ4n) is 2.30. The first-order valence-electron chi connectivity index (χ1n) is 8.08. The molecule has 0 spiro atoms. The molecule has 0 unspecified atom stereocenters. The van der Waals surface area contributed by atoms with Crippen LogP contribution in [-0.4, -0.2) is 41.4 Å². The molecule has 1 fully saturated rings. The van der Waals surface area contributed by atoms with Gasteiger partial charge in [0.25, 0.3) is 0 Å². The van der Waals surface area contributed by atoms with Gasteiger partial charge in [0.2, 0.25) is 0 Å². The zero-order valence-corrected chi connectivity index (χ0v) is 14.8. The molecule has 1 aliphatic heterocycles. The van der Waals surface area contributed by atoms with Crippen molar-refractivity contribution in [1.82, 2.24) is 4.90 Å². The minimum absolute atomic E-state index is 0.225. The van der Waals surface area contributed by atoms with Gasteiger partial charge < -0.3 is 15.4 Å². The van der Waals surface area contributed by atoms with Gasteiger partial charge in [-0.1, -0.05) is 13.8 Å². The number of amides is 1. The van der Waals surface area contributed by atoms with Gasteiger partial charge in [-0.3, -0.25) is 4.99 Å². The number of carbonyl (C=O) groups is 1. The molecule has 0 aromatic rings. The Morgan fingerprint density at radius 1 is 1.32 bits per heavy atom. The molecule has 1 rings (SSSR count). The van der Waals surface area contributed by atoms with E-state index < -0.39 is 5.60 Å². The number of nitrogens with zero attached hydrogens (tertiary/aromatic N) is 2. The van der Waals surface area contributed by atoms with Crippen LogP contribution in [0.25, 0.3) is 0 Å². The number of likely N-dealkylation sites (tertiary alicyclic amines) is 1. The predicted octanol–water partition coefficient (Wildman–Crippen LogP) is 3.35. The Bertz CT molecular complexity index is 435. The number of hydrogen-bond acceptors (Lipinski definition) is 4. The highest BCUT2D eigenvalue weighted by molar-refractivity contribution is 5.96. The summed E-state index contributed by atoms with van der Waals surface area (Å²) in [7, 11) is 0. The van der Waals surface area contributed by atoms with Gasteiger partial charge in [0, 0.05) is 24.5 Å². The average Bonchev–Trinajstić information content (AvgIpc) is 2.36. The molecular formula is C17H31N3O2. The summed E-state index contributed by atoms with van der Waals surface area (Å²) < 4.78 is 5.41. The molecule has 0 saturated carbocycles. The maximum atomic E-state index is 12.0. The number of nitrogens with two attached hydrogens (primary N) is 1. The van der Waals surface area contributed by atoms with E-state index in [1.807, 2.05) is 33.8 Å². The molecule has 126 valence electrons. The summed E-state index contributed by atoms with van der Waals surface area (Å²) in [6, 6.07) is 0.256. The van der Waals surface area contributed by atoms with E-state index in [-0.39, 0.29) is 12.1 Å². The van der Waals surface area contributed by atoms with Crippen molar-refractivity contribution < 1.29 is 9.53 Å². The second kappa shape index (κ2) is 7.65. The zero-order chi connectivity index (χ0) is 16.9. The minimum Gasteiger partial charge on any atom is -0.444 e. The maximum Gasteiger partial charge on any atom is 0.410 e. The van der Waals surface area contributed by atoms with Crippen LogP contribution in [0.2, 0.25) is 0 Å². The van der Waals surface area contributed by atoms with Crippen LogP contribution < -0.4 is 5.73 Å². The number of allylic oxidation sites excluding steroid dienone is 2. The van der Waals surface area contributed by atoms with Gasteiger partial charge in [0.05, 0.1) is 6.04 Å². The van der Waals surface area contributed by atoms with Crippen LogP contribution in [0.15, 0.2) is 16.8 Å². The average molecular weight is 309 g/mol. The van der Waals surface area contributed by atoms with E-state index in [4.69, 9.17) is 15.5 Å². The van der Waals surface area contributed by atoms with E-state index in [0.717, 1.165) is 24.3 Å². The Hall–Kier alpha value is -1.52. The van der Waals surface area contributed by atoms with Gasteiger partial charge in [-0.15, -0.1) is 0 Å². The monoisotopic (exact) mass is 309 g/mol. The summed E-state index contributed by atoms with van der Waals surface area (Å²) in [5.41, 5.74) is 7.14. The van der Waals surface area contributed by atoms with Crippen molar-refractivity contribution in [3.05, 3.63) is 11.8 Å². The van der Waals surface area contributed by atoms with Crippen molar-refractivity contribution in [3.63, 3.8) is 0 Å². The molecule has 0 aromatic heterocycles. The van der Waals surface area contributed by atoms with Crippen LogP contribution in [0.4, 0.5) is 4.79 Å². The molecule has 5 heteroatoms. The molecule has 22 heavy (non-hydrogen) atoms. The number of piperidine rings is 1. The maximum absolute atomic E-state index is 12.0. The molecule has 0 atom stereocenters. The predicted molar refractivity (Wildman–Crippen MR) is 91.0 cm³/mol. The fraction of sp³-hybridized carbons (Fsp3) is 0.765. The summed E-state index contributed by atoms with van der Waals surface area (Å²) in [6.07, 6.45) is 3.46. The molecule has 1 amide bonds. The van der Waals surface area contributed by atoms with Crippen LogP contribution in [0, 0.1) is 5.92 Å². The Balaban J connectivity index is 2.61. The Morgan fingerprint density at radius 3 is 2.27 bits per heavy atom. The Kier molecular flexibility index (Phi) is 6.45. The first-order valence-corrected chi connectivity index (χ1v) is 8.08. The van der Waals surface area contributed by atoms with Crippen LogP contribution in [-0.2, 0) is 4.74 Å². The first-order chi connectivity index (χ1) is 10.1. The topological polar surface area (TPSA) is 67.9 Å². The lowest BCUT2D eigenvalue weighted by Gasteiger charge is -2.32. The van der Waals surface area contributed by atoms with Crippen molar-refractivity contribution in [1.29, 1.82) is 0 Å². The highest BCUT2D eigenvalue weighted by Gasteiger charge is 2.26. The third-order valence-electron chi connectivity index (χ3n) is 3.41. The molecule has 1 heterocycles. The van der Waals surface area contributed by atoms with Crippen LogP contribution in [0.3, 0.4) is 0 Å². The van der Waals surface area contributed by atoms with Crippen LogP contribution >= 0.6 is 0 Å². The Labute approximate surface area is 134 Å². The van der Waals surface area contributed by atoms with Crippen molar-refractivity contribution in [2.75, 3.05) is 13.1 Å². The molecule has 1 aliphatic rings. The fourth-order valence-corrected chi connectivity index (χ4v) is 2.30. The SMILES string of the molecule is C/C(N)=C/C(=NC1CCN(C(=O)OC(C)(C)C)CC1)C(C)C. The zero-order valence-electron chi connectivity index (χ0n) is 14.8. The lowest BCUT2D eigenvalue weighted by Crippen LogP contribution is -2.42. The molecule has 1 saturated heterocycles. The number of hydrogen-bond donors (Lipinski definition) is 1. The van der Waals surface area contributed by atoms with E-state index in [0.29, 0.717) is 19.0 Å². The largest absolute Gasteiger partial charge is 0.444 e. The first kappa shape index (κ1) is 18.5. The van der Waals surface area contributed by atoms with Crippen LogP contribution in [0.5, 0.6) is 0 Å². The Morgan fingerprint density at radius 2 is 1.86 bits per heavy atom. The number of rotatable bonds is 3. The van der Waals surface area contributed by atoms with E-state index in [1.165, 1.54) is 0 Å². The normalized spacial score (nSPS) is 18.8. The molecule has 5 nitrogen and oxygen atoms in total. The lowest BCUT2D eigenvalue weighted by molar-refractivity contribution is 0.0207. The van der Waals surface area contributed by atoms with Gasteiger partial charge >= 0.3 is 6.09 Å². The summed E-state index contributed by atoms with van der Waals surface area (Å²) in [5, 5.41) is 0. The standard InChI is InChI=1S/C17H31N3O2/c1-12(2)15(11-13(3)18)19-14-7-9-20(10-8-14)16(21)22-17(4,5)6/h11-12,14H,7-10,18H2,1-6H3/b13-11-,19-15?. The molecule has 0 radical (unpaired) electrons.